The summed E-state index contributed by atoms with van der Waals surface area (Å²) in [5.41, 5.74) is 2.38. The van der Waals surface area contributed by atoms with Crippen LogP contribution in [0.25, 0.3) is 22.2 Å². The van der Waals surface area contributed by atoms with Gasteiger partial charge in [0.25, 0.3) is 0 Å². The standard InChI is InChI=1S/C18H14N2O4/c1-10(22)19-12-7-13(18(23)24)16-14(9-21)17(20-15(16)8-12)11-5-3-2-4-6-11/h2-9,20H,1H3,(H,19,22)(H,23,24). The molecule has 1 aromatic heterocycles. The van der Waals surface area contributed by atoms with Crippen LogP contribution < -0.4 is 5.32 Å². The van der Waals surface area contributed by atoms with Crippen LogP contribution in [0.15, 0.2) is 42.5 Å². The van der Waals surface area contributed by atoms with Crippen LogP contribution in [0.4, 0.5) is 5.69 Å². The van der Waals surface area contributed by atoms with Gasteiger partial charge >= 0.3 is 5.97 Å². The van der Waals surface area contributed by atoms with Crippen LogP contribution in [-0.4, -0.2) is 28.3 Å². The normalized spacial score (nSPS) is 10.5. The molecule has 6 heteroatoms. The summed E-state index contributed by atoms with van der Waals surface area (Å²) in [5, 5.41) is 12.4. The molecule has 0 saturated carbocycles. The number of hydrogen-bond donors (Lipinski definition) is 3. The van der Waals surface area contributed by atoms with E-state index in [4.69, 9.17) is 0 Å². The van der Waals surface area contributed by atoms with Crippen molar-refractivity contribution < 1.29 is 19.5 Å². The third-order valence-corrected chi connectivity index (χ3v) is 3.67. The first kappa shape index (κ1) is 15.5. The van der Waals surface area contributed by atoms with E-state index in [0.29, 0.717) is 28.6 Å². The van der Waals surface area contributed by atoms with Gasteiger partial charge in [-0.1, -0.05) is 30.3 Å². The number of H-pyrrole nitrogens is 1. The van der Waals surface area contributed by atoms with Crippen molar-refractivity contribution in [2.45, 2.75) is 6.92 Å². The van der Waals surface area contributed by atoms with Gasteiger partial charge in [-0.2, -0.15) is 0 Å². The molecule has 120 valence electrons. The first-order valence-corrected chi connectivity index (χ1v) is 7.22. The first-order chi connectivity index (χ1) is 11.5. The van der Waals surface area contributed by atoms with Gasteiger partial charge in [0.1, 0.15) is 0 Å². The molecule has 1 heterocycles. The molecule has 1 amide bonds. The van der Waals surface area contributed by atoms with Gasteiger partial charge in [-0.3, -0.25) is 9.59 Å². The molecule has 0 bridgehead atoms. The van der Waals surface area contributed by atoms with Crippen LogP contribution in [0, 0.1) is 0 Å². The molecule has 0 aliphatic rings. The smallest absolute Gasteiger partial charge is 0.336 e. The van der Waals surface area contributed by atoms with E-state index in [2.05, 4.69) is 10.3 Å². The van der Waals surface area contributed by atoms with Crippen molar-refractivity contribution in [3.05, 3.63) is 53.6 Å². The molecule has 0 aliphatic heterocycles. The zero-order valence-electron chi connectivity index (χ0n) is 12.8. The van der Waals surface area contributed by atoms with Crippen molar-refractivity contribution in [2.24, 2.45) is 0 Å². The number of aromatic nitrogens is 1. The SMILES string of the molecule is CC(=O)Nc1cc(C(=O)O)c2c(C=O)c(-c3ccccc3)[nH]c2c1. The van der Waals surface area contributed by atoms with Gasteiger partial charge in [0.15, 0.2) is 6.29 Å². The molecule has 3 rings (SSSR count). The van der Waals surface area contributed by atoms with Crippen LogP contribution in [0.5, 0.6) is 0 Å². The predicted octanol–water partition coefficient (Wildman–Crippen LogP) is 3.30. The van der Waals surface area contributed by atoms with E-state index in [-0.39, 0.29) is 17.0 Å². The second kappa shape index (κ2) is 6.00. The maximum atomic E-state index is 11.6. The Morgan fingerprint density at radius 3 is 2.46 bits per heavy atom. The van der Waals surface area contributed by atoms with E-state index >= 15 is 0 Å². The lowest BCUT2D eigenvalue weighted by Crippen LogP contribution is -2.07. The fraction of sp³-hybridized carbons (Fsp3) is 0.0556. The van der Waals surface area contributed by atoms with Crippen molar-refractivity contribution in [1.29, 1.82) is 0 Å². The number of rotatable bonds is 4. The Balaban J connectivity index is 2.34. The highest BCUT2D eigenvalue weighted by molar-refractivity contribution is 6.14. The number of nitrogens with one attached hydrogen (secondary N) is 2. The van der Waals surface area contributed by atoms with Crippen LogP contribution in [0.1, 0.15) is 27.6 Å². The Bertz CT molecular complexity index is 958. The number of aromatic amines is 1. The van der Waals surface area contributed by atoms with Gasteiger partial charge in [-0.15, -0.1) is 0 Å². The summed E-state index contributed by atoms with van der Waals surface area (Å²) in [6, 6.07) is 12.1. The highest BCUT2D eigenvalue weighted by Gasteiger charge is 2.20. The molecule has 0 spiro atoms. The average Bonchev–Trinajstić information content (AvgIpc) is 2.92. The van der Waals surface area contributed by atoms with E-state index in [9.17, 15) is 19.5 Å². The molecular formula is C18H14N2O4. The Morgan fingerprint density at radius 2 is 1.88 bits per heavy atom. The molecule has 0 saturated heterocycles. The third-order valence-electron chi connectivity index (χ3n) is 3.67. The summed E-state index contributed by atoms with van der Waals surface area (Å²) in [6.07, 6.45) is 0.645. The largest absolute Gasteiger partial charge is 0.478 e. The van der Waals surface area contributed by atoms with E-state index in [1.54, 1.807) is 6.07 Å². The summed E-state index contributed by atoms with van der Waals surface area (Å²) < 4.78 is 0. The van der Waals surface area contributed by atoms with Gasteiger partial charge in [0.05, 0.1) is 11.3 Å². The van der Waals surface area contributed by atoms with Crippen LogP contribution in [-0.2, 0) is 4.79 Å². The molecular weight excluding hydrogens is 308 g/mol. The van der Waals surface area contributed by atoms with Gasteiger partial charge < -0.3 is 15.4 Å². The lowest BCUT2D eigenvalue weighted by atomic mass is 10.0. The summed E-state index contributed by atoms with van der Waals surface area (Å²) in [4.78, 5) is 37.6. The first-order valence-electron chi connectivity index (χ1n) is 7.22. The number of fused-ring (bicyclic) bond motifs is 1. The topological polar surface area (TPSA) is 99.3 Å². The van der Waals surface area contributed by atoms with Gasteiger partial charge in [0, 0.05) is 29.1 Å². The van der Waals surface area contributed by atoms with E-state index in [1.807, 2.05) is 30.3 Å². The lowest BCUT2D eigenvalue weighted by Gasteiger charge is -2.05. The average molecular weight is 322 g/mol. The minimum Gasteiger partial charge on any atom is -0.478 e. The highest BCUT2D eigenvalue weighted by atomic mass is 16.4. The van der Waals surface area contributed by atoms with Crippen LogP contribution >= 0.6 is 0 Å². The summed E-state index contributed by atoms with van der Waals surface area (Å²) >= 11 is 0. The van der Waals surface area contributed by atoms with E-state index < -0.39 is 5.97 Å². The van der Waals surface area contributed by atoms with Crippen molar-refractivity contribution in [2.75, 3.05) is 5.32 Å². The number of benzene rings is 2. The van der Waals surface area contributed by atoms with Gasteiger partial charge in [-0.05, 0) is 17.7 Å². The van der Waals surface area contributed by atoms with Crippen molar-refractivity contribution in [3.8, 4) is 11.3 Å². The number of aromatic carboxylic acids is 1. The molecule has 0 atom stereocenters. The molecule has 0 fully saturated rings. The Labute approximate surface area is 137 Å². The number of carboxylic acids is 1. The van der Waals surface area contributed by atoms with Crippen LogP contribution in [0.3, 0.4) is 0 Å². The second-order valence-electron chi connectivity index (χ2n) is 5.33. The van der Waals surface area contributed by atoms with Gasteiger partial charge in [0.2, 0.25) is 5.91 Å². The molecule has 3 N–H and O–H groups in total. The predicted molar refractivity (Wildman–Crippen MR) is 90.4 cm³/mol. The molecule has 2 aromatic carbocycles. The number of amides is 1. The molecule has 0 unspecified atom stereocenters. The Kier molecular flexibility index (Phi) is 3.87. The second-order valence-corrected chi connectivity index (χ2v) is 5.33. The maximum Gasteiger partial charge on any atom is 0.336 e. The monoisotopic (exact) mass is 322 g/mol. The maximum absolute atomic E-state index is 11.6. The fourth-order valence-electron chi connectivity index (χ4n) is 2.75. The van der Waals surface area contributed by atoms with E-state index in [0.717, 1.165) is 5.56 Å². The number of carboxylic acid groups (broad SMARTS) is 1. The highest BCUT2D eigenvalue weighted by Crippen LogP contribution is 2.33. The van der Waals surface area contributed by atoms with E-state index in [1.165, 1.54) is 13.0 Å². The van der Waals surface area contributed by atoms with Crippen LogP contribution in [0.2, 0.25) is 0 Å². The number of carbonyl (C=O) groups excluding carboxylic acids is 2. The van der Waals surface area contributed by atoms with Crippen molar-refractivity contribution in [3.63, 3.8) is 0 Å². The Morgan fingerprint density at radius 1 is 1.17 bits per heavy atom. The molecule has 24 heavy (non-hydrogen) atoms. The van der Waals surface area contributed by atoms with Gasteiger partial charge in [-0.25, -0.2) is 4.79 Å². The summed E-state index contributed by atoms with van der Waals surface area (Å²) in [6.45, 7) is 1.34. The number of anilines is 1. The zero-order valence-corrected chi connectivity index (χ0v) is 12.8. The minimum atomic E-state index is -1.17. The Hall–Kier alpha value is -3.41. The molecule has 3 aromatic rings. The quantitative estimate of drug-likeness (QED) is 0.642. The lowest BCUT2D eigenvalue weighted by molar-refractivity contribution is -0.114. The number of carbonyl (C=O) groups is 3. The van der Waals surface area contributed by atoms with Crippen molar-refractivity contribution >= 4 is 34.8 Å². The van der Waals surface area contributed by atoms with Crippen molar-refractivity contribution in [1.82, 2.24) is 4.98 Å². The third kappa shape index (κ3) is 2.65. The fourth-order valence-corrected chi connectivity index (χ4v) is 2.75. The minimum absolute atomic E-state index is 0.0446. The number of hydrogen-bond acceptors (Lipinski definition) is 3. The summed E-state index contributed by atoms with van der Waals surface area (Å²) in [7, 11) is 0. The molecule has 0 radical (unpaired) electrons. The molecule has 0 aliphatic carbocycles. The number of aldehydes is 1. The molecule has 6 nitrogen and oxygen atoms in total. The zero-order chi connectivity index (χ0) is 17.3. The summed E-state index contributed by atoms with van der Waals surface area (Å²) in [5.74, 6) is -1.48.